The number of nitrogens with zero attached hydrogens (tertiary/aromatic N) is 1. The largest absolute Gasteiger partial charge is 0.495 e. The first-order chi connectivity index (χ1) is 10.9. The number of nitrogens with one attached hydrogen (secondary N) is 1. The molecule has 1 aromatic rings. The molecule has 0 aliphatic rings. The van der Waals surface area contributed by atoms with Gasteiger partial charge in [-0.05, 0) is 32.4 Å². The summed E-state index contributed by atoms with van der Waals surface area (Å²) in [4.78, 5) is 26.2. The first-order valence-corrected chi connectivity index (χ1v) is 7.86. The third-order valence-electron chi connectivity index (χ3n) is 3.64. The number of carbonyl (C=O) groups excluding carboxylic acids is 2. The Labute approximate surface area is 138 Å². The van der Waals surface area contributed by atoms with E-state index in [1.807, 2.05) is 19.9 Å². The van der Waals surface area contributed by atoms with E-state index in [0.29, 0.717) is 24.4 Å². The molecule has 1 atom stereocenters. The predicted octanol–water partition coefficient (Wildman–Crippen LogP) is 2.00. The molecule has 6 heteroatoms. The first-order valence-electron chi connectivity index (χ1n) is 7.86. The number of methoxy groups -OCH3 is 1. The molecule has 1 aromatic carbocycles. The normalized spacial score (nSPS) is 13.1. The van der Waals surface area contributed by atoms with Gasteiger partial charge in [-0.25, -0.2) is 0 Å². The number of hydrogen-bond donors (Lipinski definition) is 2. The highest BCUT2D eigenvalue weighted by molar-refractivity contribution is 5.97. The molecule has 1 rings (SSSR count). The van der Waals surface area contributed by atoms with Crippen LogP contribution < -0.4 is 15.8 Å². The van der Waals surface area contributed by atoms with Crippen LogP contribution in [0.5, 0.6) is 5.75 Å². The van der Waals surface area contributed by atoms with Gasteiger partial charge in [-0.3, -0.25) is 9.59 Å². The van der Waals surface area contributed by atoms with Gasteiger partial charge in [0.05, 0.1) is 24.9 Å². The molecule has 0 spiro atoms. The van der Waals surface area contributed by atoms with Gasteiger partial charge in [-0.2, -0.15) is 0 Å². The fourth-order valence-electron chi connectivity index (χ4n) is 2.43. The molecule has 0 radical (unpaired) electrons. The molecule has 6 nitrogen and oxygen atoms in total. The molecule has 2 amide bonds. The molecule has 128 valence electrons. The van der Waals surface area contributed by atoms with Gasteiger partial charge in [0.1, 0.15) is 5.75 Å². The Morgan fingerprint density at radius 1 is 1.30 bits per heavy atom. The molecule has 0 aliphatic carbocycles. The van der Waals surface area contributed by atoms with Crippen LogP contribution in [0.2, 0.25) is 0 Å². The van der Waals surface area contributed by atoms with Gasteiger partial charge < -0.3 is 20.7 Å². The Morgan fingerprint density at radius 3 is 2.52 bits per heavy atom. The van der Waals surface area contributed by atoms with E-state index < -0.39 is 5.54 Å². The van der Waals surface area contributed by atoms with Crippen molar-refractivity contribution in [2.45, 2.75) is 39.2 Å². The molecular weight excluding hydrogens is 294 g/mol. The summed E-state index contributed by atoms with van der Waals surface area (Å²) in [5, 5.41) is 2.77. The standard InChI is InChI=1S/C17H27N3O3/c1-5-11-17(3,18)16(22)20(6-2)12-15(21)19-13-9-7-8-10-14(13)23-4/h7-10H,5-6,11-12,18H2,1-4H3,(H,19,21). The lowest BCUT2D eigenvalue weighted by atomic mass is 9.95. The lowest BCUT2D eigenvalue weighted by molar-refractivity contribution is -0.139. The number of amides is 2. The summed E-state index contributed by atoms with van der Waals surface area (Å²) in [6.07, 6.45) is 1.39. The van der Waals surface area contributed by atoms with E-state index in [9.17, 15) is 9.59 Å². The van der Waals surface area contributed by atoms with Crippen molar-refractivity contribution in [3.63, 3.8) is 0 Å². The highest BCUT2D eigenvalue weighted by Gasteiger charge is 2.32. The lowest BCUT2D eigenvalue weighted by Gasteiger charge is -2.30. The number of hydrogen-bond acceptors (Lipinski definition) is 4. The molecule has 3 N–H and O–H groups in total. The summed E-state index contributed by atoms with van der Waals surface area (Å²) in [6, 6.07) is 7.13. The van der Waals surface area contributed by atoms with Gasteiger partial charge in [0.25, 0.3) is 0 Å². The van der Waals surface area contributed by atoms with E-state index in [0.717, 1.165) is 6.42 Å². The Hall–Kier alpha value is -2.08. The van der Waals surface area contributed by atoms with Crippen LogP contribution in [0.4, 0.5) is 5.69 Å². The quantitative estimate of drug-likeness (QED) is 0.767. The highest BCUT2D eigenvalue weighted by atomic mass is 16.5. The van der Waals surface area contributed by atoms with E-state index in [4.69, 9.17) is 10.5 Å². The molecule has 0 heterocycles. The van der Waals surface area contributed by atoms with E-state index >= 15 is 0 Å². The number of benzene rings is 1. The van der Waals surface area contributed by atoms with Crippen LogP contribution in [-0.4, -0.2) is 42.5 Å². The third-order valence-corrected chi connectivity index (χ3v) is 3.64. The van der Waals surface area contributed by atoms with E-state index in [1.165, 1.54) is 12.0 Å². The van der Waals surface area contributed by atoms with Crippen molar-refractivity contribution < 1.29 is 14.3 Å². The number of rotatable bonds is 8. The first kappa shape index (κ1) is 19.0. The van der Waals surface area contributed by atoms with Crippen molar-refractivity contribution in [1.82, 2.24) is 4.90 Å². The number of likely N-dealkylation sites (N-methyl/N-ethyl adjacent to an activating group) is 1. The second kappa shape index (κ2) is 8.53. The molecule has 1 unspecified atom stereocenters. The average molecular weight is 321 g/mol. The predicted molar refractivity (Wildman–Crippen MR) is 91.4 cm³/mol. The van der Waals surface area contributed by atoms with Gasteiger partial charge >= 0.3 is 0 Å². The van der Waals surface area contributed by atoms with Crippen LogP contribution in [0.25, 0.3) is 0 Å². The maximum Gasteiger partial charge on any atom is 0.244 e. The molecule has 0 aromatic heterocycles. The van der Waals surface area contributed by atoms with E-state index in [2.05, 4.69) is 5.32 Å². The number of carbonyl (C=O) groups is 2. The van der Waals surface area contributed by atoms with E-state index in [1.54, 1.807) is 25.1 Å². The Kier molecular flexibility index (Phi) is 7.03. The zero-order valence-electron chi connectivity index (χ0n) is 14.4. The van der Waals surface area contributed by atoms with Crippen LogP contribution in [0, 0.1) is 0 Å². The average Bonchev–Trinajstić information content (AvgIpc) is 2.52. The maximum atomic E-state index is 12.5. The third kappa shape index (κ3) is 5.25. The number of ether oxygens (including phenoxy) is 1. The van der Waals surface area contributed by atoms with Crippen molar-refractivity contribution in [3.05, 3.63) is 24.3 Å². The van der Waals surface area contributed by atoms with Gasteiger partial charge in [-0.1, -0.05) is 25.5 Å². The van der Waals surface area contributed by atoms with Crippen molar-refractivity contribution in [1.29, 1.82) is 0 Å². The highest BCUT2D eigenvalue weighted by Crippen LogP contribution is 2.23. The SMILES string of the molecule is CCCC(C)(N)C(=O)N(CC)CC(=O)Nc1ccccc1OC. The molecule has 23 heavy (non-hydrogen) atoms. The smallest absolute Gasteiger partial charge is 0.244 e. The molecule has 0 aliphatic heterocycles. The van der Waals surface area contributed by atoms with E-state index in [-0.39, 0.29) is 18.4 Å². The van der Waals surface area contributed by atoms with Crippen molar-refractivity contribution in [2.24, 2.45) is 5.73 Å². The topological polar surface area (TPSA) is 84.7 Å². The molecule has 0 saturated heterocycles. The van der Waals surface area contributed by atoms with Crippen molar-refractivity contribution in [3.8, 4) is 5.75 Å². The number of nitrogens with two attached hydrogens (primary N) is 1. The van der Waals surface area contributed by atoms with Crippen LogP contribution in [0.3, 0.4) is 0 Å². The zero-order chi connectivity index (χ0) is 17.5. The Bertz CT molecular complexity index is 544. The minimum atomic E-state index is -0.949. The van der Waals surface area contributed by atoms with Gasteiger partial charge in [0.15, 0.2) is 0 Å². The second-order valence-electron chi connectivity index (χ2n) is 5.74. The summed E-state index contributed by atoms with van der Waals surface area (Å²) in [5.74, 6) is 0.0823. The summed E-state index contributed by atoms with van der Waals surface area (Å²) in [5.41, 5.74) is 5.71. The Balaban J connectivity index is 2.75. The summed E-state index contributed by atoms with van der Waals surface area (Å²) < 4.78 is 5.20. The Morgan fingerprint density at radius 2 is 1.96 bits per heavy atom. The monoisotopic (exact) mass is 321 g/mol. The minimum Gasteiger partial charge on any atom is -0.495 e. The van der Waals surface area contributed by atoms with Gasteiger partial charge in [0, 0.05) is 6.54 Å². The summed E-state index contributed by atoms with van der Waals surface area (Å²) in [7, 11) is 1.54. The summed E-state index contributed by atoms with van der Waals surface area (Å²) >= 11 is 0. The summed E-state index contributed by atoms with van der Waals surface area (Å²) in [6.45, 7) is 5.90. The fourth-order valence-corrected chi connectivity index (χ4v) is 2.43. The van der Waals surface area contributed by atoms with Crippen LogP contribution >= 0.6 is 0 Å². The second-order valence-corrected chi connectivity index (χ2v) is 5.74. The number of para-hydroxylation sites is 2. The lowest BCUT2D eigenvalue weighted by Crippen LogP contribution is -2.54. The van der Waals surface area contributed by atoms with Gasteiger partial charge in [0.2, 0.25) is 11.8 Å². The molecule has 0 fully saturated rings. The molecule has 0 bridgehead atoms. The number of anilines is 1. The van der Waals surface area contributed by atoms with Crippen LogP contribution in [0.15, 0.2) is 24.3 Å². The maximum absolute atomic E-state index is 12.5. The zero-order valence-corrected chi connectivity index (χ0v) is 14.4. The van der Waals surface area contributed by atoms with Crippen LogP contribution in [0.1, 0.15) is 33.6 Å². The van der Waals surface area contributed by atoms with Crippen molar-refractivity contribution >= 4 is 17.5 Å². The molecule has 0 saturated carbocycles. The van der Waals surface area contributed by atoms with Crippen molar-refractivity contribution in [2.75, 3.05) is 25.5 Å². The fraction of sp³-hybridized carbons (Fsp3) is 0.529. The molecular formula is C17H27N3O3. The van der Waals surface area contributed by atoms with Gasteiger partial charge in [-0.15, -0.1) is 0 Å². The minimum absolute atomic E-state index is 0.0378. The van der Waals surface area contributed by atoms with Crippen LogP contribution in [-0.2, 0) is 9.59 Å².